The first-order valence-electron chi connectivity index (χ1n) is 8.63. The van der Waals surface area contributed by atoms with Crippen LogP contribution in [0.2, 0.25) is 0 Å². The molecule has 1 aromatic carbocycles. The van der Waals surface area contributed by atoms with Crippen molar-refractivity contribution in [2.24, 2.45) is 0 Å². The summed E-state index contributed by atoms with van der Waals surface area (Å²) in [7, 11) is 0. The molecule has 5 N–H and O–H groups in total. The van der Waals surface area contributed by atoms with Gasteiger partial charge in [-0.3, -0.25) is 14.4 Å². The summed E-state index contributed by atoms with van der Waals surface area (Å²) in [6.07, 6.45) is 5.17. The lowest BCUT2D eigenvalue weighted by Crippen LogP contribution is -2.41. The van der Waals surface area contributed by atoms with Gasteiger partial charge in [0.2, 0.25) is 5.91 Å². The molecule has 150 valence electrons. The number of aliphatic carboxylic acids is 2. The fourth-order valence-corrected chi connectivity index (χ4v) is 2.22. The summed E-state index contributed by atoms with van der Waals surface area (Å²) in [6, 6.07) is 5.13. The summed E-state index contributed by atoms with van der Waals surface area (Å²) < 4.78 is 0. The molecule has 9 heteroatoms. The van der Waals surface area contributed by atoms with Crippen LogP contribution in [0.5, 0.6) is 0 Å². The Balaban J connectivity index is 2.49. The third-order valence-electron chi connectivity index (χ3n) is 3.69. The SMILES string of the molecule is C#CCNc1ccc(C(=O)N[C@@H](CCC(=O)NCCCC(=O)O)C(=O)O)cc1. The van der Waals surface area contributed by atoms with E-state index in [9.17, 15) is 24.3 Å². The van der Waals surface area contributed by atoms with Crippen molar-refractivity contribution >= 4 is 29.4 Å². The van der Waals surface area contributed by atoms with Crippen LogP contribution in [-0.2, 0) is 14.4 Å². The van der Waals surface area contributed by atoms with Crippen molar-refractivity contribution in [3.63, 3.8) is 0 Å². The summed E-state index contributed by atoms with van der Waals surface area (Å²) in [5, 5.41) is 25.6. The summed E-state index contributed by atoms with van der Waals surface area (Å²) >= 11 is 0. The van der Waals surface area contributed by atoms with Gasteiger partial charge >= 0.3 is 11.9 Å². The second kappa shape index (κ2) is 12.0. The van der Waals surface area contributed by atoms with Crippen molar-refractivity contribution in [3.8, 4) is 12.3 Å². The van der Waals surface area contributed by atoms with Gasteiger partial charge in [-0.1, -0.05) is 5.92 Å². The van der Waals surface area contributed by atoms with E-state index in [-0.39, 0.29) is 37.8 Å². The minimum atomic E-state index is -1.25. The molecule has 0 heterocycles. The van der Waals surface area contributed by atoms with Gasteiger partial charge in [0, 0.05) is 30.6 Å². The predicted molar refractivity (Wildman–Crippen MR) is 102 cm³/mol. The van der Waals surface area contributed by atoms with E-state index in [4.69, 9.17) is 11.5 Å². The fourth-order valence-electron chi connectivity index (χ4n) is 2.22. The molecule has 0 aliphatic carbocycles. The van der Waals surface area contributed by atoms with Crippen LogP contribution in [0.3, 0.4) is 0 Å². The lowest BCUT2D eigenvalue weighted by Gasteiger charge is -2.15. The van der Waals surface area contributed by atoms with Crippen LogP contribution in [-0.4, -0.2) is 53.1 Å². The Morgan fingerprint density at radius 1 is 1.07 bits per heavy atom. The molecule has 0 aliphatic heterocycles. The second-order valence-electron chi connectivity index (χ2n) is 5.89. The van der Waals surface area contributed by atoms with Gasteiger partial charge in [0.05, 0.1) is 6.54 Å². The number of rotatable bonds is 12. The van der Waals surface area contributed by atoms with Crippen molar-refractivity contribution in [3.05, 3.63) is 29.8 Å². The van der Waals surface area contributed by atoms with E-state index >= 15 is 0 Å². The molecule has 0 unspecified atom stereocenters. The molecular formula is C19H23N3O6. The normalized spacial score (nSPS) is 11.0. The zero-order chi connectivity index (χ0) is 20.9. The van der Waals surface area contributed by atoms with Crippen molar-refractivity contribution < 1.29 is 29.4 Å². The molecule has 0 aliphatic rings. The summed E-state index contributed by atoms with van der Waals surface area (Å²) in [6.45, 7) is 0.528. The first-order chi connectivity index (χ1) is 13.3. The maximum Gasteiger partial charge on any atom is 0.326 e. The van der Waals surface area contributed by atoms with Gasteiger partial charge in [-0.15, -0.1) is 6.42 Å². The zero-order valence-electron chi connectivity index (χ0n) is 15.2. The molecular weight excluding hydrogens is 366 g/mol. The van der Waals surface area contributed by atoms with Crippen molar-refractivity contribution in [2.45, 2.75) is 31.7 Å². The third-order valence-corrected chi connectivity index (χ3v) is 3.69. The van der Waals surface area contributed by atoms with E-state index in [2.05, 4.69) is 21.9 Å². The number of benzene rings is 1. The van der Waals surface area contributed by atoms with Crippen LogP contribution in [0, 0.1) is 12.3 Å². The zero-order valence-corrected chi connectivity index (χ0v) is 15.2. The van der Waals surface area contributed by atoms with E-state index in [0.29, 0.717) is 6.54 Å². The molecule has 0 bridgehead atoms. The van der Waals surface area contributed by atoms with Crippen LogP contribution in [0.15, 0.2) is 24.3 Å². The van der Waals surface area contributed by atoms with E-state index in [0.717, 1.165) is 5.69 Å². The molecule has 0 saturated carbocycles. The Morgan fingerprint density at radius 2 is 1.75 bits per heavy atom. The number of anilines is 1. The Kier molecular flexibility index (Phi) is 9.61. The lowest BCUT2D eigenvalue weighted by molar-refractivity contribution is -0.140. The molecule has 0 fully saturated rings. The highest BCUT2D eigenvalue weighted by atomic mass is 16.4. The maximum absolute atomic E-state index is 12.2. The average molecular weight is 389 g/mol. The van der Waals surface area contributed by atoms with Gasteiger partial charge in [0.15, 0.2) is 0 Å². The van der Waals surface area contributed by atoms with E-state index in [1.807, 2.05) is 0 Å². The van der Waals surface area contributed by atoms with Crippen molar-refractivity contribution in [1.29, 1.82) is 0 Å². The second-order valence-corrected chi connectivity index (χ2v) is 5.89. The molecule has 1 atom stereocenters. The standard InChI is InChI=1S/C19H23N3O6/c1-2-11-20-14-7-5-13(6-8-14)18(26)22-15(19(27)28)9-10-16(23)21-12-3-4-17(24)25/h1,5-8,15,20H,3-4,9-12H2,(H,21,23)(H,22,26)(H,24,25)(H,27,28)/t15-/m0/s1. The minimum absolute atomic E-state index is 0.0644. The highest BCUT2D eigenvalue weighted by Gasteiger charge is 2.21. The van der Waals surface area contributed by atoms with E-state index in [1.165, 1.54) is 12.1 Å². The average Bonchev–Trinajstić information content (AvgIpc) is 2.66. The number of hydrogen-bond acceptors (Lipinski definition) is 5. The van der Waals surface area contributed by atoms with Crippen LogP contribution in [0.4, 0.5) is 5.69 Å². The van der Waals surface area contributed by atoms with Gasteiger partial charge in [0.1, 0.15) is 6.04 Å². The van der Waals surface area contributed by atoms with Crippen molar-refractivity contribution in [2.75, 3.05) is 18.4 Å². The first-order valence-corrected chi connectivity index (χ1v) is 8.63. The van der Waals surface area contributed by atoms with Crippen LogP contribution in [0.1, 0.15) is 36.0 Å². The number of carbonyl (C=O) groups is 4. The van der Waals surface area contributed by atoms with E-state index in [1.54, 1.807) is 12.1 Å². The Labute approximate surface area is 162 Å². The Bertz CT molecular complexity index is 739. The molecule has 0 spiro atoms. The summed E-state index contributed by atoms with van der Waals surface area (Å²) in [5.74, 6) is -0.764. The predicted octanol–water partition coefficient (Wildman–Crippen LogP) is 0.676. The highest BCUT2D eigenvalue weighted by Crippen LogP contribution is 2.10. The number of hydrogen-bond donors (Lipinski definition) is 5. The molecule has 1 aromatic rings. The van der Waals surface area contributed by atoms with Gasteiger partial charge in [0.25, 0.3) is 5.91 Å². The molecule has 1 rings (SSSR count). The van der Waals surface area contributed by atoms with Crippen LogP contribution in [0.25, 0.3) is 0 Å². The van der Waals surface area contributed by atoms with Gasteiger partial charge in [-0.25, -0.2) is 4.79 Å². The van der Waals surface area contributed by atoms with Gasteiger partial charge in [-0.2, -0.15) is 0 Å². The molecule has 0 saturated heterocycles. The lowest BCUT2D eigenvalue weighted by atomic mass is 10.1. The van der Waals surface area contributed by atoms with Gasteiger partial charge in [-0.05, 0) is 37.1 Å². The highest BCUT2D eigenvalue weighted by molar-refractivity contribution is 5.97. The fraction of sp³-hybridized carbons (Fsp3) is 0.368. The summed E-state index contributed by atoms with van der Waals surface area (Å²) in [5.41, 5.74) is 1.000. The third kappa shape index (κ3) is 8.71. The number of carbonyl (C=O) groups excluding carboxylic acids is 2. The van der Waals surface area contributed by atoms with E-state index < -0.39 is 29.8 Å². The number of carboxylic acid groups (broad SMARTS) is 2. The minimum Gasteiger partial charge on any atom is -0.481 e. The quantitative estimate of drug-likeness (QED) is 0.261. The van der Waals surface area contributed by atoms with Gasteiger partial charge < -0.3 is 26.2 Å². The summed E-state index contributed by atoms with van der Waals surface area (Å²) in [4.78, 5) is 45.7. The monoisotopic (exact) mass is 389 g/mol. The Morgan fingerprint density at radius 3 is 2.32 bits per heavy atom. The molecule has 9 nitrogen and oxygen atoms in total. The maximum atomic E-state index is 12.2. The number of carboxylic acids is 2. The smallest absolute Gasteiger partial charge is 0.326 e. The van der Waals surface area contributed by atoms with Crippen molar-refractivity contribution in [1.82, 2.24) is 10.6 Å². The molecule has 0 radical (unpaired) electrons. The largest absolute Gasteiger partial charge is 0.481 e. The number of terminal acetylenes is 1. The number of nitrogens with one attached hydrogen (secondary N) is 3. The Hall–Kier alpha value is -3.54. The molecule has 0 aromatic heterocycles. The van der Waals surface area contributed by atoms with Crippen LogP contribution >= 0.6 is 0 Å². The number of amides is 2. The topological polar surface area (TPSA) is 145 Å². The van der Waals surface area contributed by atoms with Crippen LogP contribution < -0.4 is 16.0 Å². The molecule has 28 heavy (non-hydrogen) atoms. The molecule has 2 amide bonds. The first kappa shape index (κ1) is 22.5.